The van der Waals surface area contributed by atoms with Crippen LogP contribution in [0.5, 0.6) is 0 Å². The second-order valence-corrected chi connectivity index (χ2v) is 4.89. The highest BCUT2D eigenvalue weighted by Gasteiger charge is 2.12. The molecule has 0 atom stereocenters. The lowest BCUT2D eigenvalue weighted by molar-refractivity contribution is -0.121. The monoisotopic (exact) mass is 346 g/mol. The third-order valence-electron chi connectivity index (χ3n) is 2.44. The van der Waals surface area contributed by atoms with Gasteiger partial charge in [-0.15, -0.1) is 0 Å². The fourth-order valence-corrected chi connectivity index (χ4v) is 1.80. The molecule has 0 saturated carbocycles. The lowest BCUT2D eigenvalue weighted by Crippen LogP contribution is -2.32. The second-order valence-electron chi connectivity index (χ2n) is 3.97. The summed E-state index contributed by atoms with van der Waals surface area (Å²) < 4.78 is 18.8. The van der Waals surface area contributed by atoms with E-state index < -0.39 is 11.7 Å². The number of carbonyl (C=O) groups is 2. The maximum Gasteiger partial charge on any atom is 0.254 e. The zero-order chi connectivity index (χ0) is 15.0. The van der Waals surface area contributed by atoms with Crippen LogP contribution >= 0.6 is 15.9 Å². The molecule has 0 bridgehead atoms. The van der Waals surface area contributed by atoms with Crippen molar-refractivity contribution in [3.63, 3.8) is 0 Å². The van der Waals surface area contributed by atoms with E-state index in [1.165, 1.54) is 18.2 Å². The summed E-state index contributed by atoms with van der Waals surface area (Å²) in [5.74, 6) is -1.35. The Balaban J connectivity index is 2.36. The Kier molecular flexibility index (Phi) is 7.17. The molecule has 0 spiro atoms. The summed E-state index contributed by atoms with van der Waals surface area (Å²) in [4.78, 5) is 23.1. The van der Waals surface area contributed by atoms with Crippen molar-refractivity contribution >= 4 is 27.7 Å². The summed E-state index contributed by atoms with van der Waals surface area (Å²) in [6.07, 6.45) is 0.130. The first-order valence-corrected chi connectivity index (χ1v) is 6.82. The quantitative estimate of drug-likeness (QED) is 0.734. The molecule has 0 aromatic heterocycles. The number of carbonyl (C=O) groups excluding carboxylic acids is 2. The summed E-state index contributed by atoms with van der Waals surface area (Å²) >= 11 is 3.17. The van der Waals surface area contributed by atoms with Gasteiger partial charge in [-0.2, -0.15) is 0 Å². The number of nitrogens with one attached hydrogen (secondary N) is 2. The normalized spacial score (nSPS) is 10.2. The van der Waals surface area contributed by atoms with Crippen molar-refractivity contribution < 1.29 is 18.7 Å². The van der Waals surface area contributed by atoms with Crippen LogP contribution in [0.3, 0.4) is 0 Å². The van der Waals surface area contributed by atoms with E-state index in [1.807, 2.05) is 0 Å². The lowest BCUT2D eigenvalue weighted by atomic mass is 10.2. The number of halogens is 2. The van der Waals surface area contributed by atoms with Gasteiger partial charge in [-0.1, -0.05) is 15.9 Å². The van der Waals surface area contributed by atoms with Crippen LogP contribution in [0.25, 0.3) is 0 Å². The predicted molar refractivity (Wildman–Crippen MR) is 75.9 cm³/mol. The molecule has 1 aromatic carbocycles. The molecule has 20 heavy (non-hydrogen) atoms. The molecule has 1 aromatic rings. The number of hydrogen-bond acceptors (Lipinski definition) is 3. The smallest absolute Gasteiger partial charge is 0.254 e. The molecule has 0 unspecified atom stereocenters. The zero-order valence-electron chi connectivity index (χ0n) is 11.0. The molecule has 0 aliphatic rings. The number of hydrogen-bond donors (Lipinski definition) is 2. The first-order valence-electron chi connectivity index (χ1n) is 6.03. The van der Waals surface area contributed by atoms with Gasteiger partial charge in [-0.3, -0.25) is 9.59 Å². The topological polar surface area (TPSA) is 67.4 Å². The molecule has 1 rings (SSSR count). The molecule has 0 aliphatic heterocycles. The standard InChI is InChI=1S/C13H16BrFN2O3/c1-20-7-6-16-12(18)4-5-17-13(19)10-8-9(14)2-3-11(10)15/h2-3,8H,4-7H2,1H3,(H,16,18)(H,17,19). The maximum absolute atomic E-state index is 13.4. The fraction of sp³-hybridized carbons (Fsp3) is 0.385. The van der Waals surface area contributed by atoms with Gasteiger partial charge in [-0.25, -0.2) is 4.39 Å². The molecule has 0 heterocycles. The van der Waals surface area contributed by atoms with Gasteiger partial charge < -0.3 is 15.4 Å². The Morgan fingerprint density at radius 1 is 1.30 bits per heavy atom. The minimum absolute atomic E-state index is 0.0563. The van der Waals surface area contributed by atoms with Gasteiger partial charge in [0, 0.05) is 31.1 Å². The predicted octanol–water partition coefficient (Wildman–Crippen LogP) is 1.47. The van der Waals surface area contributed by atoms with E-state index in [4.69, 9.17) is 4.74 Å². The second kappa shape index (κ2) is 8.65. The van der Waals surface area contributed by atoms with Crippen LogP contribution in [0, 0.1) is 5.82 Å². The van der Waals surface area contributed by atoms with Crippen molar-refractivity contribution in [2.24, 2.45) is 0 Å². The summed E-state index contributed by atoms with van der Waals surface area (Å²) in [7, 11) is 1.54. The molecule has 2 amide bonds. The van der Waals surface area contributed by atoms with Crippen molar-refractivity contribution in [3.05, 3.63) is 34.1 Å². The van der Waals surface area contributed by atoms with Crippen LogP contribution in [0.1, 0.15) is 16.8 Å². The van der Waals surface area contributed by atoms with Crippen LogP contribution in [0.4, 0.5) is 4.39 Å². The lowest BCUT2D eigenvalue weighted by Gasteiger charge is -2.07. The molecule has 110 valence electrons. The molecule has 2 N–H and O–H groups in total. The van der Waals surface area contributed by atoms with Gasteiger partial charge in [0.25, 0.3) is 5.91 Å². The van der Waals surface area contributed by atoms with Crippen molar-refractivity contribution in [1.29, 1.82) is 0 Å². The highest BCUT2D eigenvalue weighted by molar-refractivity contribution is 9.10. The minimum atomic E-state index is -0.602. The van der Waals surface area contributed by atoms with Crippen LogP contribution in [0.2, 0.25) is 0 Å². The average molecular weight is 347 g/mol. The molecular weight excluding hydrogens is 331 g/mol. The third kappa shape index (κ3) is 5.66. The highest BCUT2D eigenvalue weighted by Crippen LogP contribution is 2.15. The van der Waals surface area contributed by atoms with Gasteiger partial charge in [0.05, 0.1) is 12.2 Å². The Morgan fingerprint density at radius 2 is 2.05 bits per heavy atom. The Morgan fingerprint density at radius 3 is 2.75 bits per heavy atom. The Labute approximate surface area is 125 Å². The van der Waals surface area contributed by atoms with Gasteiger partial charge in [0.15, 0.2) is 0 Å². The first kappa shape index (κ1) is 16.6. The number of methoxy groups -OCH3 is 1. The van der Waals surface area contributed by atoms with Gasteiger partial charge in [0.2, 0.25) is 5.91 Å². The molecule has 0 saturated heterocycles. The Bertz CT molecular complexity index is 483. The molecule has 7 heteroatoms. The number of benzene rings is 1. The maximum atomic E-state index is 13.4. The highest BCUT2D eigenvalue weighted by atomic mass is 79.9. The van der Waals surface area contributed by atoms with Gasteiger partial charge in [-0.05, 0) is 18.2 Å². The fourth-order valence-electron chi connectivity index (χ4n) is 1.44. The Hall–Kier alpha value is -1.47. The summed E-state index contributed by atoms with van der Waals surface area (Å²) in [6.45, 7) is 0.995. The number of amides is 2. The molecule has 0 aliphatic carbocycles. The van der Waals surface area contributed by atoms with Gasteiger partial charge >= 0.3 is 0 Å². The van der Waals surface area contributed by atoms with Crippen LogP contribution in [-0.4, -0.2) is 38.6 Å². The summed E-state index contributed by atoms with van der Waals surface area (Å²) in [6, 6.07) is 4.11. The van der Waals surface area contributed by atoms with E-state index in [0.717, 1.165) is 0 Å². The summed E-state index contributed by atoms with van der Waals surface area (Å²) in [5.41, 5.74) is -0.0563. The molecular formula is C13H16BrFN2O3. The van der Waals surface area contributed by atoms with Crippen molar-refractivity contribution in [3.8, 4) is 0 Å². The largest absolute Gasteiger partial charge is 0.383 e. The van der Waals surface area contributed by atoms with Crippen molar-refractivity contribution in [1.82, 2.24) is 10.6 Å². The number of ether oxygens (including phenoxy) is 1. The van der Waals surface area contributed by atoms with E-state index in [-0.39, 0.29) is 24.4 Å². The third-order valence-corrected chi connectivity index (χ3v) is 2.93. The van der Waals surface area contributed by atoms with Crippen LogP contribution in [-0.2, 0) is 9.53 Å². The molecule has 5 nitrogen and oxygen atoms in total. The van der Waals surface area contributed by atoms with E-state index in [9.17, 15) is 14.0 Å². The minimum Gasteiger partial charge on any atom is -0.383 e. The summed E-state index contributed by atoms with van der Waals surface area (Å²) in [5, 5.41) is 5.12. The molecule has 0 fully saturated rings. The van der Waals surface area contributed by atoms with E-state index >= 15 is 0 Å². The van der Waals surface area contributed by atoms with E-state index in [0.29, 0.717) is 17.6 Å². The van der Waals surface area contributed by atoms with Crippen LogP contribution in [0.15, 0.2) is 22.7 Å². The van der Waals surface area contributed by atoms with Crippen LogP contribution < -0.4 is 10.6 Å². The van der Waals surface area contributed by atoms with E-state index in [1.54, 1.807) is 7.11 Å². The average Bonchev–Trinajstić information content (AvgIpc) is 2.41. The van der Waals surface area contributed by atoms with Gasteiger partial charge in [0.1, 0.15) is 5.82 Å². The zero-order valence-corrected chi connectivity index (χ0v) is 12.6. The van der Waals surface area contributed by atoms with Crippen molar-refractivity contribution in [2.75, 3.05) is 26.8 Å². The first-order chi connectivity index (χ1) is 9.54. The van der Waals surface area contributed by atoms with E-state index in [2.05, 4.69) is 26.6 Å². The SMILES string of the molecule is COCCNC(=O)CCNC(=O)c1cc(Br)ccc1F. The molecule has 0 radical (unpaired) electrons. The number of rotatable bonds is 7. The van der Waals surface area contributed by atoms with Crippen molar-refractivity contribution in [2.45, 2.75) is 6.42 Å².